The minimum atomic E-state index is 0.0859. The van der Waals surface area contributed by atoms with Crippen molar-refractivity contribution in [3.05, 3.63) is 12.7 Å². The Morgan fingerprint density at radius 2 is 2.00 bits per heavy atom. The van der Waals surface area contributed by atoms with Crippen molar-refractivity contribution in [3.63, 3.8) is 0 Å². The van der Waals surface area contributed by atoms with E-state index in [4.69, 9.17) is 0 Å². The van der Waals surface area contributed by atoms with E-state index in [2.05, 4.69) is 27.4 Å². The number of likely N-dealkylation sites (tertiary alicyclic amines) is 1. The van der Waals surface area contributed by atoms with Crippen molar-refractivity contribution < 1.29 is 4.79 Å². The van der Waals surface area contributed by atoms with Gasteiger partial charge in [-0.3, -0.25) is 4.79 Å². The van der Waals surface area contributed by atoms with E-state index in [1.165, 1.54) is 12.5 Å². The van der Waals surface area contributed by atoms with Crippen LogP contribution < -0.4 is 0 Å². The summed E-state index contributed by atoms with van der Waals surface area (Å²) in [4.78, 5) is 13.3. The molecule has 0 saturated carbocycles. The summed E-state index contributed by atoms with van der Waals surface area (Å²) in [5, 5.41) is 0. The molecule has 15 heavy (non-hydrogen) atoms. The smallest absolute Gasteiger partial charge is 0.245 e. The predicted molar refractivity (Wildman–Crippen MR) is 63.6 cm³/mol. The van der Waals surface area contributed by atoms with Crippen LogP contribution in [0.25, 0.3) is 0 Å². The summed E-state index contributed by atoms with van der Waals surface area (Å²) in [6, 6.07) is 0. The van der Waals surface area contributed by atoms with E-state index in [0.717, 1.165) is 31.8 Å². The van der Waals surface area contributed by atoms with E-state index in [-0.39, 0.29) is 5.91 Å². The number of amides is 1. The van der Waals surface area contributed by atoms with Gasteiger partial charge in [0.1, 0.15) is 0 Å². The van der Waals surface area contributed by atoms with Gasteiger partial charge in [0.2, 0.25) is 5.91 Å². The molecule has 0 aromatic rings. The number of carbonyl (C=O) groups is 1. The van der Waals surface area contributed by atoms with E-state index >= 15 is 0 Å². The van der Waals surface area contributed by atoms with Crippen molar-refractivity contribution in [2.45, 2.75) is 40.0 Å². The van der Waals surface area contributed by atoms with Gasteiger partial charge in [-0.05, 0) is 30.3 Å². The molecular weight excluding hydrogens is 186 g/mol. The Labute approximate surface area is 93.3 Å². The zero-order valence-corrected chi connectivity index (χ0v) is 10.3. The van der Waals surface area contributed by atoms with Gasteiger partial charge < -0.3 is 4.90 Å². The number of nitrogens with zero attached hydrogens (tertiary/aromatic N) is 1. The zero-order valence-electron chi connectivity index (χ0n) is 10.3. The molecule has 1 aliphatic rings. The van der Waals surface area contributed by atoms with Crippen LogP contribution in [-0.2, 0) is 4.79 Å². The molecule has 0 unspecified atom stereocenters. The van der Waals surface area contributed by atoms with Crippen molar-refractivity contribution >= 4 is 5.91 Å². The van der Waals surface area contributed by atoms with E-state index in [1.54, 1.807) is 0 Å². The topological polar surface area (TPSA) is 20.3 Å². The monoisotopic (exact) mass is 209 g/mol. The van der Waals surface area contributed by atoms with Crippen LogP contribution in [-0.4, -0.2) is 23.9 Å². The second kappa shape index (κ2) is 4.82. The van der Waals surface area contributed by atoms with Gasteiger partial charge in [0.25, 0.3) is 0 Å². The highest BCUT2D eigenvalue weighted by molar-refractivity contribution is 5.87. The summed E-state index contributed by atoms with van der Waals surface area (Å²) < 4.78 is 0. The summed E-state index contributed by atoms with van der Waals surface area (Å²) in [5.74, 6) is 0.846. The molecule has 0 atom stereocenters. The Morgan fingerprint density at radius 3 is 2.40 bits per heavy atom. The van der Waals surface area contributed by atoms with Gasteiger partial charge in [-0.1, -0.05) is 33.8 Å². The summed E-state index contributed by atoms with van der Waals surface area (Å²) in [6.45, 7) is 12.3. The molecule has 86 valence electrons. The Morgan fingerprint density at radius 1 is 1.47 bits per heavy atom. The highest BCUT2D eigenvalue weighted by Gasteiger charge is 2.31. The normalized spacial score (nSPS) is 19.0. The van der Waals surface area contributed by atoms with Crippen molar-refractivity contribution in [1.29, 1.82) is 0 Å². The Bertz CT molecular complexity index is 237. The number of piperidine rings is 1. The zero-order chi connectivity index (χ0) is 11.5. The van der Waals surface area contributed by atoms with E-state index in [9.17, 15) is 4.79 Å². The van der Waals surface area contributed by atoms with Gasteiger partial charge in [0.05, 0.1) is 0 Å². The summed E-state index contributed by atoms with van der Waals surface area (Å²) in [6.07, 6.45) is 4.92. The van der Waals surface area contributed by atoms with Crippen molar-refractivity contribution in [2.24, 2.45) is 11.3 Å². The molecule has 0 spiro atoms. The van der Waals surface area contributed by atoms with Crippen LogP contribution >= 0.6 is 0 Å². The molecule has 0 radical (unpaired) electrons. The van der Waals surface area contributed by atoms with Gasteiger partial charge in [0.15, 0.2) is 0 Å². The molecule has 1 amide bonds. The maximum Gasteiger partial charge on any atom is 0.245 e. The van der Waals surface area contributed by atoms with Gasteiger partial charge in [-0.15, -0.1) is 0 Å². The molecule has 2 nitrogen and oxygen atoms in total. The number of carbonyl (C=O) groups excluding carboxylic acids is 1. The minimum absolute atomic E-state index is 0.0859. The second-order valence-corrected chi connectivity index (χ2v) is 5.15. The van der Waals surface area contributed by atoms with Crippen LogP contribution in [0, 0.1) is 11.3 Å². The molecule has 0 aromatic heterocycles. The molecule has 1 heterocycles. The van der Waals surface area contributed by atoms with Gasteiger partial charge in [0, 0.05) is 13.1 Å². The third-order valence-electron chi connectivity index (χ3n) is 4.00. The Hall–Kier alpha value is -0.790. The highest BCUT2D eigenvalue weighted by atomic mass is 16.2. The van der Waals surface area contributed by atoms with Crippen LogP contribution in [0.5, 0.6) is 0 Å². The maximum absolute atomic E-state index is 11.4. The lowest BCUT2D eigenvalue weighted by Crippen LogP contribution is -2.41. The molecule has 0 aromatic carbocycles. The van der Waals surface area contributed by atoms with Crippen molar-refractivity contribution in [2.75, 3.05) is 13.1 Å². The number of hydrogen-bond acceptors (Lipinski definition) is 1. The highest BCUT2D eigenvalue weighted by Crippen LogP contribution is 2.37. The first-order valence-corrected chi connectivity index (χ1v) is 5.92. The summed E-state index contributed by atoms with van der Waals surface area (Å²) >= 11 is 0. The first kappa shape index (κ1) is 12.3. The molecule has 0 bridgehead atoms. The lowest BCUT2D eigenvalue weighted by atomic mass is 9.72. The van der Waals surface area contributed by atoms with Crippen molar-refractivity contribution in [1.82, 2.24) is 4.90 Å². The number of rotatable bonds is 3. The fourth-order valence-electron chi connectivity index (χ4n) is 2.30. The molecule has 0 N–H and O–H groups in total. The van der Waals surface area contributed by atoms with Crippen molar-refractivity contribution in [3.8, 4) is 0 Å². The fourth-order valence-corrected chi connectivity index (χ4v) is 2.30. The van der Waals surface area contributed by atoms with E-state index < -0.39 is 0 Å². The molecule has 1 fully saturated rings. The van der Waals surface area contributed by atoms with Crippen LogP contribution in [0.15, 0.2) is 12.7 Å². The summed E-state index contributed by atoms with van der Waals surface area (Å²) in [5.41, 5.74) is 0.420. The molecule has 2 heteroatoms. The Kier molecular flexibility index (Phi) is 3.95. The summed E-state index contributed by atoms with van der Waals surface area (Å²) in [7, 11) is 0. The number of hydrogen-bond donors (Lipinski definition) is 0. The molecule has 0 aliphatic carbocycles. The standard InChI is InChI=1S/C13H23NO/c1-5-12(15)14-9-7-11(8-10-14)13(3,4)6-2/h5,11H,1,6-10H2,2-4H3. The third-order valence-corrected chi connectivity index (χ3v) is 4.00. The van der Waals surface area contributed by atoms with E-state index in [1.807, 2.05) is 4.90 Å². The van der Waals surface area contributed by atoms with Crippen LogP contribution in [0.3, 0.4) is 0 Å². The first-order chi connectivity index (χ1) is 7.01. The van der Waals surface area contributed by atoms with Crippen LogP contribution in [0.4, 0.5) is 0 Å². The average molecular weight is 209 g/mol. The molecular formula is C13H23NO. The Balaban J connectivity index is 2.49. The predicted octanol–water partition coefficient (Wildman–Crippen LogP) is 2.85. The second-order valence-electron chi connectivity index (χ2n) is 5.15. The lowest BCUT2D eigenvalue weighted by molar-refractivity contribution is -0.127. The minimum Gasteiger partial charge on any atom is -0.339 e. The van der Waals surface area contributed by atoms with Crippen LogP contribution in [0.2, 0.25) is 0 Å². The van der Waals surface area contributed by atoms with E-state index in [0.29, 0.717) is 5.41 Å². The molecule has 1 saturated heterocycles. The quantitative estimate of drug-likeness (QED) is 0.654. The largest absolute Gasteiger partial charge is 0.339 e. The fraction of sp³-hybridized carbons (Fsp3) is 0.769. The van der Waals surface area contributed by atoms with Crippen LogP contribution in [0.1, 0.15) is 40.0 Å². The first-order valence-electron chi connectivity index (χ1n) is 5.92. The SMILES string of the molecule is C=CC(=O)N1CCC(C(C)(C)CC)CC1. The maximum atomic E-state index is 11.4. The molecule has 1 aliphatic heterocycles. The van der Waals surface area contributed by atoms with Gasteiger partial charge in [-0.2, -0.15) is 0 Å². The third kappa shape index (κ3) is 2.83. The van der Waals surface area contributed by atoms with Gasteiger partial charge >= 0.3 is 0 Å². The average Bonchev–Trinajstić information content (AvgIpc) is 2.28. The van der Waals surface area contributed by atoms with Gasteiger partial charge in [-0.25, -0.2) is 0 Å². The molecule has 1 rings (SSSR count). The lowest BCUT2D eigenvalue weighted by Gasteiger charge is -2.40.